The van der Waals surface area contributed by atoms with Crippen LogP contribution in [0.4, 0.5) is 0 Å². The summed E-state index contributed by atoms with van der Waals surface area (Å²) in [5, 5.41) is 13.6. The maximum atomic E-state index is 11.2. The van der Waals surface area contributed by atoms with Gasteiger partial charge in [-0.15, -0.1) is 0 Å². The van der Waals surface area contributed by atoms with Gasteiger partial charge < -0.3 is 5.11 Å². The average molecular weight is 236 g/mol. The van der Waals surface area contributed by atoms with Gasteiger partial charge in [-0.2, -0.15) is 12.7 Å². The van der Waals surface area contributed by atoms with Crippen molar-refractivity contribution in [1.29, 1.82) is 0 Å². The fraction of sp³-hybridized carbons (Fsp3) is 0.875. The van der Waals surface area contributed by atoms with Crippen molar-refractivity contribution < 1.29 is 18.3 Å². The number of nitrogens with zero attached hydrogens (tertiary/aromatic N) is 1. The van der Waals surface area contributed by atoms with Crippen LogP contribution in [0.2, 0.25) is 0 Å². The van der Waals surface area contributed by atoms with Crippen LogP contribution in [0.25, 0.3) is 0 Å². The summed E-state index contributed by atoms with van der Waals surface area (Å²) in [6, 6.07) is -0.246. The average Bonchev–Trinajstić information content (AvgIpc) is 2.13. The zero-order chi connectivity index (χ0) is 11.5. The molecule has 1 heterocycles. The largest absolute Gasteiger partial charge is 0.481 e. The molecule has 88 valence electrons. The number of nitrogens with two attached hydrogens (primary N) is 1. The molecule has 0 radical (unpaired) electrons. The normalized spacial score (nSPS) is 23.9. The van der Waals surface area contributed by atoms with Crippen LogP contribution in [0, 0.1) is 0 Å². The molecule has 1 aliphatic rings. The van der Waals surface area contributed by atoms with Gasteiger partial charge in [-0.25, -0.2) is 5.14 Å². The van der Waals surface area contributed by atoms with E-state index in [2.05, 4.69) is 0 Å². The molecule has 3 N–H and O–H groups in total. The van der Waals surface area contributed by atoms with Crippen LogP contribution in [-0.2, 0) is 15.0 Å². The van der Waals surface area contributed by atoms with Crippen molar-refractivity contribution in [3.05, 3.63) is 0 Å². The summed E-state index contributed by atoms with van der Waals surface area (Å²) < 4.78 is 23.6. The first-order valence-corrected chi connectivity index (χ1v) is 6.43. The minimum atomic E-state index is -3.68. The lowest BCUT2D eigenvalue weighted by molar-refractivity contribution is -0.137. The van der Waals surface area contributed by atoms with Crippen molar-refractivity contribution >= 4 is 16.2 Å². The lowest BCUT2D eigenvalue weighted by Crippen LogP contribution is -2.47. The third-order valence-electron chi connectivity index (χ3n) is 2.59. The van der Waals surface area contributed by atoms with Crippen molar-refractivity contribution in [2.45, 2.75) is 38.1 Å². The molecule has 15 heavy (non-hydrogen) atoms. The predicted molar refractivity (Wildman–Crippen MR) is 54.3 cm³/mol. The molecule has 1 fully saturated rings. The summed E-state index contributed by atoms with van der Waals surface area (Å²) in [6.45, 7) is 0.406. The smallest absolute Gasteiger partial charge is 0.303 e. The predicted octanol–water partition coefficient (Wildman–Crippen LogP) is -0.0908. The van der Waals surface area contributed by atoms with E-state index < -0.39 is 16.2 Å². The second kappa shape index (κ2) is 4.91. The van der Waals surface area contributed by atoms with Gasteiger partial charge in [0.25, 0.3) is 10.2 Å². The number of hydrogen-bond acceptors (Lipinski definition) is 3. The molecular formula is C8H16N2O4S. The topological polar surface area (TPSA) is 101 Å². The molecule has 0 aliphatic carbocycles. The number of rotatable bonds is 4. The van der Waals surface area contributed by atoms with Gasteiger partial charge >= 0.3 is 5.97 Å². The van der Waals surface area contributed by atoms with Crippen LogP contribution >= 0.6 is 0 Å². The van der Waals surface area contributed by atoms with Gasteiger partial charge in [0.2, 0.25) is 0 Å². The summed E-state index contributed by atoms with van der Waals surface area (Å²) in [4.78, 5) is 10.4. The van der Waals surface area contributed by atoms with E-state index in [-0.39, 0.29) is 12.5 Å². The lowest BCUT2D eigenvalue weighted by atomic mass is 10.0. The number of aliphatic carboxylic acids is 1. The van der Waals surface area contributed by atoms with Gasteiger partial charge in [0.1, 0.15) is 0 Å². The monoisotopic (exact) mass is 236 g/mol. The first kappa shape index (κ1) is 12.4. The van der Waals surface area contributed by atoms with E-state index in [1.54, 1.807) is 0 Å². The van der Waals surface area contributed by atoms with Crippen LogP contribution in [0.3, 0.4) is 0 Å². The Morgan fingerprint density at radius 2 is 2.13 bits per heavy atom. The van der Waals surface area contributed by atoms with Crippen molar-refractivity contribution in [3.63, 3.8) is 0 Å². The summed E-state index contributed by atoms with van der Waals surface area (Å²) in [6.07, 6.45) is 2.74. The summed E-state index contributed by atoms with van der Waals surface area (Å²) in [5.74, 6) is -0.907. The third kappa shape index (κ3) is 3.77. The molecule has 1 unspecified atom stereocenters. The van der Waals surface area contributed by atoms with Gasteiger partial charge in [0.15, 0.2) is 0 Å². The number of carboxylic acids is 1. The molecule has 0 aromatic carbocycles. The first-order valence-electron chi connectivity index (χ1n) is 4.92. The quantitative estimate of drug-likeness (QED) is 0.712. The van der Waals surface area contributed by atoms with Gasteiger partial charge in [0, 0.05) is 19.0 Å². The molecular weight excluding hydrogens is 220 g/mol. The maximum absolute atomic E-state index is 11.2. The Kier molecular flexibility index (Phi) is 4.06. The highest BCUT2D eigenvalue weighted by Crippen LogP contribution is 2.22. The molecule has 1 aliphatic heterocycles. The molecule has 1 rings (SSSR count). The number of hydrogen-bond donors (Lipinski definition) is 2. The summed E-state index contributed by atoms with van der Waals surface area (Å²) >= 11 is 0. The molecule has 0 spiro atoms. The van der Waals surface area contributed by atoms with Crippen molar-refractivity contribution in [1.82, 2.24) is 4.31 Å². The number of piperidine rings is 1. The second-order valence-electron chi connectivity index (χ2n) is 3.74. The van der Waals surface area contributed by atoms with E-state index in [1.807, 2.05) is 0 Å². The van der Waals surface area contributed by atoms with E-state index in [1.165, 1.54) is 4.31 Å². The molecule has 0 aromatic rings. The van der Waals surface area contributed by atoms with Crippen LogP contribution in [0.1, 0.15) is 32.1 Å². The Hall–Kier alpha value is -0.660. The first-order chi connectivity index (χ1) is 6.91. The molecule has 6 nitrogen and oxygen atoms in total. The minimum absolute atomic E-state index is 0.0172. The lowest BCUT2D eigenvalue weighted by Gasteiger charge is -2.32. The summed E-state index contributed by atoms with van der Waals surface area (Å²) in [5.41, 5.74) is 0. The third-order valence-corrected chi connectivity index (χ3v) is 3.73. The van der Waals surface area contributed by atoms with Crippen molar-refractivity contribution in [2.75, 3.05) is 6.54 Å². The zero-order valence-electron chi connectivity index (χ0n) is 8.42. The number of carboxylic acid groups (broad SMARTS) is 1. The molecule has 1 saturated heterocycles. The highest BCUT2D eigenvalue weighted by atomic mass is 32.2. The van der Waals surface area contributed by atoms with Gasteiger partial charge in [0.05, 0.1) is 0 Å². The van der Waals surface area contributed by atoms with Crippen molar-refractivity contribution in [2.24, 2.45) is 5.14 Å². The number of carbonyl (C=O) groups is 1. The Balaban J connectivity index is 2.62. The Morgan fingerprint density at radius 3 is 2.67 bits per heavy atom. The highest BCUT2D eigenvalue weighted by Gasteiger charge is 2.29. The van der Waals surface area contributed by atoms with Crippen LogP contribution < -0.4 is 5.14 Å². The van der Waals surface area contributed by atoms with Crippen LogP contribution in [-0.4, -0.2) is 36.4 Å². The van der Waals surface area contributed by atoms with E-state index >= 15 is 0 Å². The SMILES string of the molecule is NS(=O)(=O)N1CCCCC1CCC(=O)O. The fourth-order valence-corrected chi connectivity index (χ4v) is 2.90. The van der Waals surface area contributed by atoms with E-state index in [4.69, 9.17) is 10.2 Å². The van der Waals surface area contributed by atoms with Crippen LogP contribution in [0.15, 0.2) is 0 Å². The Bertz CT molecular complexity index is 328. The molecule has 0 bridgehead atoms. The Labute approximate surface area is 89.2 Å². The van der Waals surface area contributed by atoms with Gasteiger partial charge in [-0.3, -0.25) is 4.79 Å². The van der Waals surface area contributed by atoms with Crippen LogP contribution in [0.5, 0.6) is 0 Å². The second-order valence-corrected chi connectivity index (χ2v) is 5.24. The maximum Gasteiger partial charge on any atom is 0.303 e. The molecule has 0 aromatic heterocycles. The zero-order valence-corrected chi connectivity index (χ0v) is 9.24. The highest BCUT2D eigenvalue weighted by molar-refractivity contribution is 7.86. The van der Waals surface area contributed by atoms with Crippen molar-refractivity contribution in [3.8, 4) is 0 Å². The van der Waals surface area contributed by atoms with Gasteiger partial charge in [-0.05, 0) is 19.3 Å². The minimum Gasteiger partial charge on any atom is -0.481 e. The molecule has 7 heteroatoms. The standard InChI is InChI=1S/C8H16N2O4S/c9-15(13,14)10-6-2-1-3-7(10)4-5-8(11)12/h7H,1-6H2,(H,11,12)(H2,9,13,14). The molecule has 1 atom stereocenters. The molecule has 0 saturated carbocycles. The van der Waals surface area contributed by atoms with E-state index in [0.717, 1.165) is 12.8 Å². The summed E-state index contributed by atoms with van der Waals surface area (Å²) in [7, 11) is -3.68. The van der Waals surface area contributed by atoms with E-state index in [0.29, 0.717) is 19.4 Å². The van der Waals surface area contributed by atoms with Gasteiger partial charge in [-0.1, -0.05) is 6.42 Å². The Morgan fingerprint density at radius 1 is 1.47 bits per heavy atom. The fourth-order valence-electron chi connectivity index (χ4n) is 1.89. The molecule has 0 amide bonds. The van der Waals surface area contributed by atoms with E-state index in [9.17, 15) is 13.2 Å².